The van der Waals surface area contributed by atoms with Gasteiger partial charge in [0.25, 0.3) is 0 Å². The molecule has 0 aliphatic carbocycles. The molecule has 1 heterocycles. The van der Waals surface area contributed by atoms with Crippen molar-refractivity contribution in [1.29, 1.82) is 0 Å². The van der Waals surface area contributed by atoms with E-state index in [1.165, 1.54) is 0 Å². The van der Waals surface area contributed by atoms with Crippen LogP contribution >= 0.6 is 27.5 Å². The van der Waals surface area contributed by atoms with E-state index in [4.69, 9.17) is 21.4 Å². The molecule has 0 aliphatic heterocycles. The quantitative estimate of drug-likeness (QED) is 0.937. The minimum Gasteiger partial charge on any atom is -0.455 e. The summed E-state index contributed by atoms with van der Waals surface area (Å²) in [6, 6.07) is 7.02. The first-order valence-electron chi connectivity index (χ1n) is 4.87. The van der Waals surface area contributed by atoms with Gasteiger partial charge in [-0.15, -0.1) is 0 Å². The number of aliphatic hydroxyl groups excluding tert-OH is 1. The summed E-state index contributed by atoms with van der Waals surface area (Å²) in [6.45, 7) is -0.128. The van der Waals surface area contributed by atoms with E-state index in [0.717, 1.165) is 4.47 Å². The largest absolute Gasteiger partial charge is 0.455 e. The summed E-state index contributed by atoms with van der Waals surface area (Å²) in [5.41, 5.74) is 0.617. The standard InChI is InChI=1S/C12H9BrClNO2/c13-9-1-2-12(10(14)5-9)17-11-3-4-15-6-8(11)7-16/h1-6,16H,7H2. The van der Waals surface area contributed by atoms with Gasteiger partial charge in [0.2, 0.25) is 0 Å². The molecule has 0 radical (unpaired) electrons. The van der Waals surface area contributed by atoms with Crippen LogP contribution in [0.2, 0.25) is 5.02 Å². The molecule has 0 fully saturated rings. The van der Waals surface area contributed by atoms with Crippen LogP contribution in [0, 0.1) is 0 Å². The highest BCUT2D eigenvalue weighted by molar-refractivity contribution is 9.10. The van der Waals surface area contributed by atoms with Crippen molar-refractivity contribution in [3.8, 4) is 11.5 Å². The number of nitrogens with zero attached hydrogens (tertiary/aromatic N) is 1. The normalized spacial score (nSPS) is 10.3. The summed E-state index contributed by atoms with van der Waals surface area (Å²) in [7, 11) is 0. The van der Waals surface area contributed by atoms with Crippen molar-refractivity contribution in [2.45, 2.75) is 6.61 Å². The van der Waals surface area contributed by atoms with E-state index in [-0.39, 0.29) is 6.61 Å². The molecule has 0 bridgehead atoms. The van der Waals surface area contributed by atoms with E-state index in [1.54, 1.807) is 30.6 Å². The van der Waals surface area contributed by atoms with Gasteiger partial charge in [-0.25, -0.2) is 0 Å². The zero-order valence-corrected chi connectivity index (χ0v) is 11.1. The Morgan fingerprint density at radius 3 is 2.82 bits per heavy atom. The van der Waals surface area contributed by atoms with Gasteiger partial charge in [-0.3, -0.25) is 4.98 Å². The highest BCUT2D eigenvalue weighted by atomic mass is 79.9. The molecule has 88 valence electrons. The lowest BCUT2D eigenvalue weighted by Crippen LogP contribution is -1.93. The van der Waals surface area contributed by atoms with Gasteiger partial charge in [0.15, 0.2) is 0 Å². The van der Waals surface area contributed by atoms with Crippen LogP contribution in [0.1, 0.15) is 5.56 Å². The van der Waals surface area contributed by atoms with Crippen molar-refractivity contribution in [1.82, 2.24) is 4.98 Å². The van der Waals surface area contributed by atoms with Crippen molar-refractivity contribution in [2.24, 2.45) is 0 Å². The molecule has 3 nitrogen and oxygen atoms in total. The van der Waals surface area contributed by atoms with Crippen LogP contribution in [0.25, 0.3) is 0 Å². The first-order valence-corrected chi connectivity index (χ1v) is 6.04. The lowest BCUT2D eigenvalue weighted by Gasteiger charge is -2.10. The predicted octanol–water partition coefficient (Wildman–Crippen LogP) is 3.78. The van der Waals surface area contributed by atoms with Gasteiger partial charge in [-0.05, 0) is 24.3 Å². The number of hydrogen-bond acceptors (Lipinski definition) is 3. The Balaban J connectivity index is 2.31. The molecule has 5 heteroatoms. The Kier molecular flexibility index (Phi) is 3.99. The zero-order chi connectivity index (χ0) is 12.3. The lowest BCUT2D eigenvalue weighted by atomic mass is 10.2. The van der Waals surface area contributed by atoms with Crippen LogP contribution < -0.4 is 4.74 Å². The Morgan fingerprint density at radius 1 is 1.29 bits per heavy atom. The second kappa shape index (κ2) is 5.49. The molecule has 1 aromatic carbocycles. The molecule has 0 spiro atoms. The fourth-order valence-electron chi connectivity index (χ4n) is 1.31. The molecule has 0 unspecified atom stereocenters. The fraction of sp³-hybridized carbons (Fsp3) is 0.0833. The average Bonchev–Trinajstić information content (AvgIpc) is 2.33. The molecule has 0 aliphatic rings. The van der Waals surface area contributed by atoms with E-state index in [2.05, 4.69) is 20.9 Å². The molecule has 0 saturated heterocycles. The molecule has 0 amide bonds. The maximum absolute atomic E-state index is 9.15. The van der Waals surface area contributed by atoms with E-state index in [1.807, 2.05) is 6.07 Å². The smallest absolute Gasteiger partial charge is 0.146 e. The maximum Gasteiger partial charge on any atom is 0.146 e. The van der Waals surface area contributed by atoms with Crippen molar-refractivity contribution in [3.05, 3.63) is 51.7 Å². The molecule has 0 saturated carbocycles. The Hall–Kier alpha value is -1.10. The van der Waals surface area contributed by atoms with Gasteiger partial charge in [0.1, 0.15) is 11.5 Å². The molecule has 1 aromatic heterocycles. The summed E-state index contributed by atoms with van der Waals surface area (Å²) in [5, 5.41) is 9.65. The monoisotopic (exact) mass is 313 g/mol. The summed E-state index contributed by atoms with van der Waals surface area (Å²) >= 11 is 9.36. The van der Waals surface area contributed by atoms with E-state index in [9.17, 15) is 0 Å². The molecule has 2 rings (SSSR count). The highest BCUT2D eigenvalue weighted by Crippen LogP contribution is 2.32. The number of rotatable bonds is 3. The van der Waals surface area contributed by atoms with Gasteiger partial charge in [0, 0.05) is 22.4 Å². The van der Waals surface area contributed by atoms with Crippen LogP contribution in [0.15, 0.2) is 41.1 Å². The Morgan fingerprint density at radius 2 is 2.12 bits per heavy atom. The SMILES string of the molecule is OCc1cnccc1Oc1ccc(Br)cc1Cl. The third-order valence-corrected chi connectivity index (χ3v) is 2.93. The summed E-state index contributed by atoms with van der Waals surface area (Å²) in [6.07, 6.45) is 3.16. The molecular weight excluding hydrogens is 305 g/mol. The lowest BCUT2D eigenvalue weighted by molar-refractivity contribution is 0.276. The van der Waals surface area contributed by atoms with Gasteiger partial charge < -0.3 is 9.84 Å². The summed E-state index contributed by atoms with van der Waals surface area (Å²) in [4.78, 5) is 3.91. The predicted molar refractivity (Wildman–Crippen MR) is 69.4 cm³/mol. The fourth-order valence-corrected chi connectivity index (χ4v) is 2.02. The molecular formula is C12H9BrClNO2. The van der Waals surface area contributed by atoms with Gasteiger partial charge in [-0.2, -0.15) is 0 Å². The number of hydrogen-bond donors (Lipinski definition) is 1. The van der Waals surface area contributed by atoms with Gasteiger partial charge in [0.05, 0.1) is 11.6 Å². The van der Waals surface area contributed by atoms with E-state index < -0.39 is 0 Å². The van der Waals surface area contributed by atoms with Crippen molar-refractivity contribution < 1.29 is 9.84 Å². The van der Waals surface area contributed by atoms with Gasteiger partial charge >= 0.3 is 0 Å². The van der Waals surface area contributed by atoms with Crippen molar-refractivity contribution >= 4 is 27.5 Å². The molecule has 0 atom stereocenters. The maximum atomic E-state index is 9.15. The third kappa shape index (κ3) is 2.97. The number of benzene rings is 1. The minimum atomic E-state index is -0.128. The van der Waals surface area contributed by atoms with E-state index >= 15 is 0 Å². The number of ether oxygens (including phenoxy) is 1. The number of pyridine rings is 1. The Bertz CT molecular complexity index is 534. The van der Waals surface area contributed by atoms with Crippen LogP contribution in [0.5, 0.6) is 11.5 Å². The average molecular weight is 315 g/mol. The first-order chi connectivity index (χ1) is 8.20. The van der Waals surface area contributed by atoms with Crippen LogP contribution in [0.4, 0.5) is 0 Å². The van der Waals surface area contributed by atoms with Gasteiger partial charge in [-0.1, -0.05) is 27.5 Å². The number of aliphatic hydroxyl groups is 1. The van der Waals surface area contributed by atoms with Crippen molar-refractivity contribution in [2.75, 3.05) is 0 Å². The third-order valence-electron chi connectivity index (χ3n) is 2.14. The summed E-state index contributed by atoms with van der Waals surface area (Å²) in [5.74, 6) is 1.09. The number of aromatic nitrogens is 1. The van der Waals surface area contributed by atoms with Crippen LogP contribution in [0.3, 0.4) is 0 Å². The highest BCUT2D eigenvalue weighted by Gasteiger charge is 2.07. The second-order valence-corrected chi connectivity index (χ2v) is 4.64. The molecule has 2 aromatic rings. The van der Waals surface area contributed by atoms with E-state index in [0.29, 0.717) is 22.1 Å². The van der Waals surface area contributed by atoms with Crippen molar-refractivity contribution in [3.63, 3.8) is 0 Å². The number of halogens is 2. The first kappa shape index (κ1) is 12.4. The summed E-state index contributed by atoms with van der Waals surface area (Å²) < 4.78 is 6.51. The van der Waals surface area contributed by atoms with Crippen LogP contribution in [-0.2, 0) is 6.61 Å². The second-order valence-electron chi connectivity index (χ2n) is 3.32. The zero-order valence-electron chi connectivity index (χ0n) is 8.73. The molecule has 1 N–H and O–H groups in total. The van der Waals surface area contributed by atoms with Crippen LogP contribution in [-0.4, -0.2) is 10.1 Å². The Labute approximate surface area is 112 Å². The molecule has 17 heavy (non-hydrogen) atoms. The minimum absolute atomic E-state index is 0.128. The topological polar surface area (TPSA) is 42.4 Å².